The van der Waals surface area contributed by atoms with Crippen molar-refractivity contribution in [2.75, 3.05) is 20.3 Å². The number of Topliss-reactive ketones (excluding diaryl/α,β-unsaturated/α-hetero) is 1. The molecule has 0 aliphatic carbocycles. The van der Waals surface area contributed by atoms with Gasteiger partial charge in [-0.05, 0) is 10.8 Å². The lowest BCUT2D eigenvalue weighted by atomic mass is 9.99. The standard InChI is InChI=1S/C19H21NO4/c1-23-18-12-24-11-16(18)20-19(22)10-9-17(21)15-8-4-6-13-5-2-3-7-14(13)15/h2-8,16,18H,9-12H2,1H3,(H,20,22)/t16-,18-/m0/s1. The molecule has 5 nitrogen and oxygen atoms in total. The maximum atomic E-state index is 12.5. The van der Waals surface area contributed by atoms with Crippen LogP contribution in [0.1, 0.15) is 23.2 Å². The number of methoxy groups -OCH3 is 1. The second-order valence-electron chi connectivity index (χ2n) is 5.94. The highest BCUT2D eigenvalue weighted by atomic mass is 16.5. The van der Waals surface area contributed by atoms with Gasteiger partial charge in [-0.3, -0.25) is 9.59 Å². The van der Waals surface area contributed by atoms with E-state index in [4.69, 9.17) is 9.47 Å². The lowest BCUT2D eigenvalue weighted by molar-refractivity contribution is -0.122. The summed E-state index contributed by atoms with van der Waals surface area (Å²) in [5, 5.41) is 4.83. The Balaban J connectivity index is 1.60. The Bertz CT molecular complexity index is 738. The summed E-state index contributed by atoms with van der Waals surface area (Å²) in [6, 6.07) is 13.3. The van der Waals surface area contributed by atoms with Crippen LogP contribution in [0.3, 0.4) is 0 Å². The first-order chi connectivity index (χ1) is 11.7. The highest BCUT2D eigenvalue weighted by Crippen LogP contribution is 2.20. The van der Waals surface area contributed by atoms with Crippen molar-refractivity contribution in [2.45, 2.75) is 25.0 Å². The molecule has 1 aliphatic heterocycles. The number of carbonyl (C=O) groups is 2. The number of rotatable bonds is 6. The molecule has 24 heavy (non-hydrogen) atoms. The average molecular weight is 327 g/mol. The zero-order chi connectivity index (χ0) is 16.9. The topological polar surface area (TPSA) is 64.6 Å². The SMILES string of the molecule is CO[C@H]1COC[C@@H]1NC(=O)CCC(=O)c1cccc2ccccc12. The maximum Gasteiger partial charge on any atom is 0.220 e. The molecule has 5 heteroatoms. The number of benzene rings is 2. The van der Waals surface area contributed by atoms with Crippen molar-refractivity contribution in [3.8, 4) is 0 Å². The van der Waals surface area contributed by atoms with Crippen LogP contribution in [0.2, 0.25) is 0 Å². The number of carbonyl (C=O) groups excluding carboxylic acids is 2. The molecule has 2 atom stereocenters. The number of nitrogens with one attached hydrogen (secondary N) is 1. The molecule has 1 saturated heterocycles. The fourth-order valence-corrected chi connectivity index (χ4v) is 3.01. The number of hydrogen-bond acceptors (Lipinski definition) is 4. The Morgan fingerprint density at radius 3 is 2.75 bits per heavy atom. The van der Waals surface area contributed by atoms with Gasteiger partial charge in [-0.25, -0.2) is 0 Å². The molecule has 0 spiro atoms. The van der Waals surface area contributed by atoms with E-state index in [0.29, 0.717) is 18.8 Å². The van der Waals surface area contributed by atoms with E-state index < -0.39 is 0 Å². The first-order valence-corrected chi connectivity index (χ1v) is 8.10. The van der Waals surface area contributed by atoms with Crippen LogP contribution in [0.5, 0.6) is 0 Å². The Hall–Kier alpha value is -2.24. The molecule has 0 radical (unpaired) electrons. The van der Waals surface area contributed by atoms with Crippen molar-refractivity contribution in [1.82, 2.24) is 5.32 Å². The van der Waals surface area contributed by atoms with Crippen molar-refractivity contribution in [2.24, 2.45) is 0 Å². The highest BCUT2D eigenvalue weighted by Gasteiger charge is 2.29. The van der Waals surface area contributed by atoms with Gasteiger partial charge >= 0.3 is 0 Å². The van der Waals surface area contributed by atoms with Gasteiger partial charge < -0.3 is 14.8 Å². The summed E-state index contributed by atoms with van der Waals surface area (Å²) in [7, 11) is 1.60. The van der Waals surface area contributed by atoms with E-state index in [0.717, 1.165) is 10.8 Å². The summed E-state index contributed by atoms with van der Waals surface area (Å²) in [4.78, 5) is 24.6. The van der Waals surface area contributed by atoms with Crippen LogP contribution >= 0.6 is 0 Å². The lowest BCUT2D eigenvalue weighted by Crippen LogP contribution is -2.43. The van der Waals surface area contributed by atoms with Crippen molar-refractivity contribution >= 4 is 22.5 Å². The van der Waals surface area contributed by atoms with Crippen molar-refractivity contribution in [3.05, 3.63) is 48.0 Å². The van der Waals surface area contributed by atoms with Crippen LogP contribution in [0.25, 0.3) is 10.8 Å². The van der Waals surface area contributed by atoms with Gasteiger partial charge in [-0.2, -0.15) is 0 Å². The molecule has 1 heterocycles. The molecule has 0 saturated carbocycles. The first kappa shape index (κ1) is 16.6. The normalized spacial score (nSPS) is 20.2. The van der Waals surface area contributed by atoms with Gasteiger partial charge in [0.15, 0.2) is 5.78 Å². The second-order valence-corrected chi connectivity index (χ2v) is 5.94. The third kappa shape index (κ3) is 3.63. The molecule has 1 N–H and O–H groups in total. The van der Waals surface area contributed by atoms with Crippen molar-refractivity contribution in [1.29, 1.82) is 0 Å². The number of hydrogen-bond donors (Lipinski definition) is 1. The van der Waals surface area contributed by atoms with Crippen LogP contribution in [-0.2, 0) is 14.3 Å². The largest absolute Gasteiger partial charge is 0.377 e. The van der Waals surface area contributed by atoms with Crippen LogP contribution < -0.4 is 5.32 Å². The third-order valence-corrected chi connectivity index (χ3v) is 4.35. The number of ketones is 1. The first-order valence-electron chi connectivity index (χ1n) is 8.10. The summed E-state index contributed by atoms with van der Waals surface area (Å²) in [6.07, 6.45) is 0.225. The minimum absolute atomic E-state index is 0.0205. The van der Waals surface area contributed by atoms with Gasteiger partial charge in [0.2, 0.25) is 5.91 Å². The van der Waals surface area contributed by atoms with E-state index in [9.17, 15) is 9.59 Å². The van der Waals surface area contributed by atoms with Crippen molar-refractivity contribution < 1.29 is 19.1 Å². The molecule has 1 aliphatic rings. The minimum Gasteiger partial charge on any atom is -0.377 e. The summed E-state index contributed by atoms with van der Waals surface area (Å²) in [6.45, 7) is 0.928. The number of amides is 1. The zero-order valence-electron chi connectivity index (χ0n) is 13.7. The predicted octanol–water partition coefficient (Wildman–Crippen LogP) is 2.33. The number of ether oxygens (including phenoxy) is 2. The summed E-state index contributed by atoms with van der Waals surface area (Å²) < 4.78 is 10.6. The highest BCUT2D eigenvalue weighted by molar-refractivity contribution is 6.08. The average Bonchev–Trinajstić information content (AvgIpc) is 3.06. The molecule has 2 aromatic carbocycles. The smallest absolute Gasteiger partial charge is 0.220 e. The monoisotopic (exact) mass is 327 g/mol. The fourth-order valence-electron chi connectivity index (χ4n) is 3.01. The van der Waals surface area contributed by atoms with Crippen LogP contribution in [0, 0.1) is 0 Å². The zero-order valence-corrected chi connectivity index (χ0v) is 13.7. The summed E-state index contributed by atoms with van der Waals surface area (Å²) in [5.41, 5.74) is 0.667. The van der Waals surface area contributed by atoms with E-state index in [1.54, 1.807) is 7.11 Å². The number of fused-ring (bicyclic) bond motifs is 1. The molecule has 126 valence electrons. The Labute approximate surface area is 140 Å². The molecule has 0 aromatic heterocycles. The third-order valence-electron chi connectivity index (χ3n) is 4.35. The quantitative estimate of drug-likeness (QED) is 0.827. The Kier molecular flexibility index (Phi) is 5.23. The Morgan fingerprint density at radius 2 is 1.92 bits per heavy atom. The summed E-state index contributed by atoms with van der Waals surface area (Å²) in [5.74, 6) is -0.172. The minimum atomic E-state index is -0.152. The lowest BCUT2D eigenvalue weighted by Gasteiger charge is -2.17. The van der Waals surface area contributed by atoms with Gasteiger partial charge in [0.1, 0.15) is 6.10 Å². The molecular weight excluding hydrogens is 306 g/mol. The Morgan fingerprint density at radius 1 is 1.12 bits per heavy atom. The molecule has 0 unspecified atom stereocenters. The van der Waals surface area contributed by atoms with E-state index in [2.05, 4.69) is 5.32 Å². The fraction of sp³-hybridized carbons (Fsp3) is 0.368. The van der Waals surface area contributed by atoms with Crippen LogP contribution in [0.15, 0.2) is 42.5 Å². The maximum absolute atomic E-state index is 12.5. The van der Waals surface area contributed by atoms with E-state index in [-0.39, 0.29) is 36.7 Å². The van der Waals surface area contributed by atoms with Gasteiger partial charge in [0, 0.05) is 25.5 Å². The van der Waals surface area contributed by atoms with Gasteiger partial charge in [-0.1, -0.05) is 42.5 Å². The van der Waals surface area contributed by atoms with Gasteiger partial charge in [-0.15, -0.1) is 0 Å². The van der Waals surface area contributed by atoms with E-state index in [1.165, 1.54) is 0 Å². The molecular formula is C19H21NO4. The molecule has 2 aromatic rings. The van der Waals surface area contributed by atoms with Crippen molar-refractivity contribution in [3.63, 3.8) is 0 Å². The van der Waals surface area contributed by atoms with Gasteiger partial charge in [0.25, 0.3) is 0 Å². The molecule has 1 fully saturated rings. The van der Waals surface area contributed by atoms with E-state index >= 15 is 0 Å². The van der Waals surface area contributed by atoms with Crippen LogP contribution in [0.4, 0.5) is 0 Å². The summed E-state index contributed by atoms with van der Waals surface area (Å²) >= 11 is 0. The molecule has 0 bridgehead atoms. The van der Waals surface area contributed by atoms with Gasteiger partial charge in [0.05, 0.1) is 19.3 Å². The second kappa shape index (κ2) is 7.55. The molecule has 1 amide bonds. The molecule has 3 rings (SSSR count). The van der Waals surface area contributed by atoms with Crippen LogP contribution in [-0.4, -0.2) is 44.2 Å². The van der Waals surface area contributed by atoms with E-state index in [1.807, 2.05) is 42.5 Å². The predicted molar refractivity (Wildman–Crippen MR) is 91.1 cm³/mol.